The highest BCUT2D eigenvalue weighted by atomic mass is 16.5. The molecule has 4 rings (SSSR count). The van der Waals surface area contributed by atoms with Crippen LogP contribution in [0.5, 0.6) is 0 Å². The standard InChI is InChI=1S/C23H26N4O3/c1-30-23(29)20(24)15-7-9-16(10-8-15)22(28)27-18-11-12-25-21-17(18)13-19(26-21)14-5-3-2-4-6-14/h2-6,11-13,15-16,20H,7-10,24H2,1H3,(H2,25,26,27,28)/t15?,16?,20-/m0/s1. The molecule has 30 heavy (non-hydrogen) atoms. The summed E-state index contributed by atoms with van der Waals surface area (Å²) in [6, 6.07) is 13.2. The number of ether oxygens (including phenoxy) is 1. The van der Waals surface area contributed by atoms with Gasteiger partial charge in [-0.1, -0.05) is 30.3 Å². The second-order valence-corrected chi connectivity index (χ2v) is 7.82. The van der Waals surface area contributed by atoms with Gasteiger partial charge in [-0.2, -0.15) is 0 Å². The van der Waals surface area contributed by atoms with E-state index in [1.165, 1.54) is 7.11 Å². The number of nitrogens with zero attached hydrogens (tertiary/aromatic N) is 1. The monoisotopic (exact) mass is 406 g/mol. The van der Waals surface area contributed by atoms with E-state index in [4.69, 9.17) is 10.5 Å². The highest BCUT2D eigenvalue weighted by Crippen LogP contribution is 2.33. The zero-order chi connectivity index (χ0) is 21.1. The number of pyridine rings is 1. The summed E-state index contributed by atoms with van der Waals surface area (Å²) < 4.78 is 4.74. The average molecular weight is 406 g/mol. The van der Waals surface area contributed by atoms with Crippen LogP contribution in [0.25, 0.3) is 22.3 Å². The lowest BCUT2D eigenvalue weighted by Gasteiger charge is -2.30. The highest BCUT2D eigenvalue weighted by Gasteiger charge is 2.32. The topological polar surface area (TPSA) is 110 Å². The number of amides is 1. The van der Waals surface area contributed by atoms with Crippen LogP contribution in [0, 0.1) is 11.8 Å². The molecule has 7 heteroatoms. The van der Waals surface area contributed by atoms with Crippen LogP contribution in [0.3, 0.4) is 0 Å². The van der Waals surface area contributed by atoms with Crippen molar-refractivity contribution in [3.63, 3.8) is 0 Å². The van der Waals surface area contributed by atoms with Gasteiger partial charge in [0.05, 0.1) is 12.8 Å². The Morgan fingerprint density at radius 1 is 1.17 bits per heavy atom. The fraction of sp³-hybridized carbons (Fsp3) is 0.348. The summed E-state index contributed by atoms with van der Waals surface area (Å²) in [5.74, 6) is -0.423. The van der Waals surface area contributed by atoms with E-state index >= 15 is 0 Å². The Hall–Kier alpha value is -3.19. The fourth-order valence-corrected chi connectivity index (χ4v) is 4.21. The van der Waals surface area contributed by atoms with Crippen molar-refractivity contribution in [2.24, 2.45) is 17.6 Å². The lowest BCUT2D eigenvalue weighted by molar-refractivity contribution is -0.143. The van der Waals surface area contributed by atoms with Crippen molar-refractivity contribution in [2.75, 3.05) is 12.4 Å². The molecule has 0 saturated heterocycles. The number of anilines is 1. The minimum atomic E-state index is -0.616. The van der Waals surface area contributed by atoms with Gasteiger partial charge in [-0.3, -0.25) is 9.59 Å². The molecule has 1 aromatic carbocycles. The Morgan fingerprint density at radius 3 is 2.60 bits per heavy atom. The third-order valence-corrected chi connectivity index (χ3v) is 6.00. The first-order valence-corrected chi connectivity index (χ1v) is 10.2. The lowest BCUT2D eigenvalue weighted by atomic mass is 9.78. The number of hydrogen-bond acceptors (Lipinski definition) is 5. The van der Waals surface area contributed by atoms with E-state index in [0.29, 0.717) is 12.8 Å². The molecular formula is C23H26N4O3. The van der Waals surface area contributed by atoms with Gasteiger partial charge < -0.3 is 20.8 Å². The number of aromatic nitrogens is 2. The van der Waals surface area contributed by atoms with Crippen LogP contribution >= 0.6 is 0 Å². The van der Waals surface area contributed by atoms with Crippen molar-refractivity contribution < 1.29 is 14.3 Å². The number of carbonyl (C=O) groups excluding carboxylic acids is 2. The summed E-state index contributed by atoms with van der Waals surface area (Å²) in [7, 11) is 1.35. The van der Waals surface area contributed by atoms with Gasteiger partial charge in [0.15, 0.2) is 0 Å². The van der Waals surface area contributed by atoms with E-state index in [-0.39, 0.29) is 23.7 Å². The molecule has 156 valence electrons. The molecule has 0 spiro atoms. The number of hydrogen-bond donors (Lipinski definition) is 3. The van der Waals surface area contributed by atoms with Gasteiger partial charge in [0.2, 0.25) is 5.91 Å². The van der Waals surface area contributed by atoms with Crippen molar-refractivity contribution in [3.8, 4) is 11.3 Å². The van der Waals surface area contributed by atoms with Crippen LogP contribution in [0.4, 0.5) is 5.69 Å². The quantitative estimate of drug-likeness (QED) is 0.562. The summed E-state index contributed by atoms with van der Waals surface area (Å²) in [6.07, 6.45) is 4.58. The van der Waals surface area contributed by atoms with Crippen LogP contribution in [-0.4, -0.2) is 35.0 Å². The Bertz CT molecular complexity index is 1040. The zero-order valence-electron chi connectivity index (χ0n) is 16.9. The van der Waals surface area contributed by atoms with E-state index in [2.05, 4.69) is 15.3 Å². The number of methoxy groups -OCH3 is 1. The van der Waals surface area contributed by atoms with Gasteiger partial charge in [0.25, 0.3) is 0 Å². The Balaban J connectivity index is 1.45. The molecule has 4 N–H and O–H groups in total. The van der Waals surface area contributed by atoms with Gasteiger partial charge in [0, 0.05) is 23.2 Å². The number of benzene rings is 1. The number of nitrogens with two attached hydrogens (primary N) is 1. The van der Waals surface area contributed by atoms with Gasteiger partial charge in [-0.05, 0) is 49.3 Å². The van der Waals surface area contributed by atoms with Crippen LogP contribution in [0.15, 0.2) is 48.7 Å². The van der Waals surface area contributed by atoms with Crippen molar-refractivity contribution in [3.05, 3.63) is 48.7 Å². The molecule has 0 radical (unpaired) electrons. The predicted molar refractivity (Wildman–Crippen MR) is 116 cm³/mol. The molecule has 1 saturated carbocycles. The molecular weight excluding hydrogens is 380 g/mol. The third kappa shape index (κ3) is 4.07. The molecule has 1 aliphatic carbocycles. The molecule has 2 heterocycles. The number of aromatic amines is 1. The number of nitrogens with one attached hydrogen (secondary N) is 2. The van der Waals surface area contributed by atoms with E-state index < -0.39 is 6.04 Å². The SMILES string of the molecule is COC(=O)[C@@H](N)C1CCC(C(=O)Nc2ccnc3[nH]c(-c4ccccc4)cc23)CC1. The third-order valence-electron chi connectivity index (χ3n) is 6.00. The molecule has 0 aliphatic heterocycles. The summed E-state index contributed by atoms with van der Waals surface area (Å²) in [4.78, 5) is 32.3. The number of esters is 1. The number of carbonyl (C=O) groups is 2. The first-order chi connectivity index (χ1) is 14.6. The van der Waals surface area contributed by atoms with Crippen molar-refractivity contribution in [1.29, 1.82) is 0 Å². The number of fused-ring (bicyclic) bond motifs is 1. The second kappa shape index (κ2) is 8.67. The van der Waals surface area contributed by atoms with Crippen molar-refractivity contribution in [1.82, 2.24) is 9.97 Å². The summed E-state index contributed by atoms with van der Waals surface area (Å²) in [5, 5.41) is 3.96. The van der Waals surface area contributed by atoms with Gasteiger partial charge in [-0.25, -0.2) is 4.98 Å². The van der Waals surface area contributed by atoms with E-state index in [9.17, 15) is 9.59 Å². The smallest absolute Gasteiger partial charge is 0.322 e. The normalized spacial score (nSPS) is 19.9. The van der Waals surface area contributed by atoms with Gasteiger partial charge in [0.1, 0.15) is 11.7 Å². The maximum Gasteiger partial charge on any atom is 0.322 e. The molecule has 0 unspecified atom stereocenters. The summed E-state index contributed by atoms with van der Waals surface area (Å²) in [5.41, 5.74) is 9.48. The zero-order valence-corrected chi connectivity index (χ0v) is 16.9. The number of H-pyrrole nitrogens is 1. The molecule has 7 nitrogen and oxygen atoms in total. The number of rotatable bonds is 5. The molecule has 1 atom stereocenters. The van der Waals surface area contributed by atoms with Crippen LogP contribution in [0.2, 0.25) is 0 Å². The molecule has 0 bridgehead atoms. The van der Waals surface area contributed by atoms with Gasteiger partial charge >= 0.3 is 5.97 Å². The molecule has 3 aromatic rings. The van der Waals surface area contributed by atoms with E-state index in [1.54, 1.807) is 6.20 Å². The van der Waals surface area contributed by atoms with Crippen LogP contribution in [-0.2, 0) is 14.3 Å². The Morgan fingerprint density at radius 2 is 1.90 bits per heavy atom. The minimum absolute atomic E-state index is 0.00458. The molecule has 1 amide bonds. The molecule has 1 fully saturated rings. The lowest BCUT2D eigenvalue weighted by Crippen LogP contribution is -2.41. The average Bonchev–Trinajstić information content (AvgIpc) is 3.24. The maximum atomic E-state index is 12.9. The Labute approximate surface area is 175 Å². The van der Waals surface area contributed by atoms with Crippen molar-refractivity contribution in [2.45, 2.75) is 31.7 Å². The molecule has 2 aromatic heterocycles. The first kappa shape index (κ1) is 20.1. The molecule has 1 aliphatic rings. The van der Waals surface area contributed by atoms with Crippen LogP contribution < -0.4 is 11.1 Å². The summed E-state index contributed by atoms with van der Waals surface area (Å²) in [6.45, 7) is 0. The van der Waals surface area contributed by atoms with Crippen LogP contribution in [0.1, 0.15) is 25.7 Å². The van der Waals surface area contributed by atoms with Crippen molar-refractivity contribution >= 4 is 28.6 Å². The Kier molecular flexibility index (Phi) is 5.81. The minimum Gasteiger partial charge on any atom is -0.468 e. The predicted octanol–water partition coefficient (Wildman–Crippen LogP) is 3.48. The highest BCUT2D eigenvalue weighted by molar-refractivity contribution is 6.02. The van der Waals surface area contributed by atoms with E-state index in [1.807, 2.05) is 42.5 Å². The summed E-state index contributed by atoms with van der Waals surface area (Å²) >= 11 is 0. The second-order valence-electron chi connectivity index (χ2n) is 7.82. The largest absolute Gasteiger partial charge is 0.468 e. The van der Waals surface area contributed by atoms with E-state index in [0.717, 1.165) is 40.8 Å². The maximum absolute atomic E-state index is 12.9. The van der Waals surface area contributed by atoms with Gasteiger partial charge in [-0.15, -0.1) is 0 Å². The fourth-order valence-electron chi connectivity index (χ4n) is 4.21. The first-order valence-electron chi connectivity index (χ1n) is 10.2.